The van der Waals surface area contributed by atoms with Gasteiger partial charge in [-0.15, -0.1) is 0 Å². The van der Waals surface area contributed by atoms with Crippen molar-refractivity contribution >= 4 is 23.0 Å². The van der Waals surface area contributed by atoms with Gasteiger partial charge in [-0.1, -0.05) is 0 Å². The zero-order chi connectivity index (χ0) is 28.4. The number of hydrogen-bond acceptors (Lipinski definition) is 6. The van der Waals surface area contributed by atoms with Crippen molar-refractivity contribution in [1.29, 1.82) is 0 Å². The molecule has 2 aliphatic rings. The maximum Gasteiger partial charge on any atom is 0.417 e. The van der Waals surface area contributed by atoms with Crippen LogP contribution in [-0.2, 0) is 38.3 Å². The van der Waals surface area contributed by atoms with E-state index in [9.17, 15) is 22.8 Å². The van der Waals surface area contributed by atoms with E-state index >= 15 is 0 Å². The van der Waals surface area contributed by atoms with Crippen LogP contribution in [0.4, 0.5) is 18.0 Å². The maximum atomic E-state index is 14.0. The van der Waals surface area contributed by atoms with E-state index in [0.29, 0.717) is 25.1 Å². The van der Waals surface area contributed by atoms with E-state index in [4.69, 9.17) is 15.6 Å². The Kier molecular flexibility index (Phi) is 7.80. The predicted octanol–water partition coefficient (Wildman–Crippen LogP) is 4.22. The van der Waals surface area contributed by atoms with E-state index < -0.39 is 29.5 Å². The Morgan fingerprint density at radius 2 is 2.08 bits per heavy atom. The molecule has 38 heavy (non-hydrogen) atoms. The highest BCUT2D eigenvalue weighted by Gasteiger charge is 2.41. The number of nitrogens with zero attached hydrogens (tertiary/aromatic N) is 4. The van der Waals surface area contributed by atoms with Gasteiger partial charge in [0.1, 0.15) is 11.2 Å². The van der Waals surface area contributed by atoms with Gasteiger partial charge >= 0.3 is 12.3 Å². The molecule has 1 saturated carbocycles. The summed E-state index contributed by atoms with van der Waals surface area (Å²) in [4.78, 5) is 33.5. The first-order valence-electron chi connectivity index (χ1n) is 13.4. The van der Waals surface area contributed by atoms with E-state index in [-0.39, 0.29) is 56.1 Å². The Morgan fingerprint density at radius 3 is 2.74 bits per heavy atom. The van der Waals surface area contributed by atoms with Crippen LogP contribution in [0.3, 0.4) is 0 Å². The molecule has 1 aliphatic heterocycles. The van der Waals surface area contributed by atoms with Gasteiger partial charge in [-0.3, -0.25) is 4.79 Å². The van der Waals surface area contributed by atoms with Crippen molar-refractivity contribution in [3.8, 4) is 0 Å². The molecule has 9 nitrogen and oxygen atoms in total. The molecule has 0 radical (unpaired) electrons. The highest BCUT2D eigenvalue weighted by molar-refractivity contribution is 5.87. The van der Waals surface area contributed by atoms with Crippen molar-refractivity contribution in [2.45, 2.75) is 77.0 Å². The standard InChI is InChI=1S/C26H35F3N4O5/c1-25(2,3)38-24(35)32-11-13-37-20(16-32)23(34)33(18-6-7-18)15-17-14-31(10-5-12-36-4)22-21(17)19(8-9-30-22)26(27,28)29/h8-9,14,18,20H,5-7,10-13,15-16H2,1-4H3/i1D. The molecule has 12 heteroatoms. The number of ether oxygens (including phenoxy) is 3. The molecule has 0 aromatic carbocycles. The fraction of sp³-hybridized carbons (Fsp3) is 0.654. The van der Waals surface area contributed by atoms with Crippen LogP contribution in [0.15, 0.2) is 18.5 Å². The maximum absolute atomic E-state index is 14.0. The van der Waals surface area contributed by atoms with Gasteiger partial charge in [0.25, 0.3) is 5.91 Å². The van der Waals surface area contributed by atoms with Crippen molar-refractivity contribution in [3.63, 3.8) is 0 Å². The summed E-state index contributed by atoms with van der Waals surface area (Å²) in [6, 6.07) is 0.837. The average molecular weight is 542 g/mol. The first-order valence-corrected chi connectivity index (χ1v) is 12.7. The highest BCUT2D eigenvalue weighted by Crippen LogP contribution is 2.38. The molecule has 210 valence electrons. The number of methoxy groups -OCH3 is 1. The molecule has 0 N–H and O–H groups in total. The Labute approximate surface area is 221 Å². The summed E-state index contributed by atoms with van der Waals surface area (Å²) in [7, 11) is 1.56. The van der Waals surface area contributed by atoms with Crippen LogP contribution < -0.4 is 0 Å². The summed E-state index contributed by atoms with van der Waals surface area (Å²) < 4.78 is 67.5. The van der Waals surface area contributed by atoms with E-state index in [1.54, 1.807) is 36.6 Å². The number of carbonyl (C=O) groups is 2. The lowest BCUT2D eigenvalue weighted by molar-refractivity contribution is -0.150. The van der Waals surface area contributed by atoms with Crippen LogP contribution >= 0.6 is 0 Å². The fourth-order valence-corrected chi connectivity index (χ4v) is 4.61. The fourth-order valence-electron chi connectivity index (χ4n) is 4.61. The number of aromatic nitrogens is 2. The molecule has 0 bridgehead atoms. The van der Waals surface area contributed by atoms with Gasteiger partial charge in [-0.25, -0.2) is 9.78 Å². The average Bonchev–Trinajstić information content (AvgIpc) is 3.68. The molecule has 2 aromatic rings. The minimum absolute atomic E-state index is 0.0201. The summed E-state index contributed by atoms with van der Waals surface area (Å²) >= 11 is 0. The first kappa shape index (κ1) is 26.7. The lowest BCUT2D eigenvalue weighted by Crippen LogP contribution is -2.53. The lowest BCUT2D eigenvalue weighted by Gasteiger charge is -2.36. The predicted molar refractivity (Wildman–Crippen MR) is 132 cm³/mol. The smallest absolute Gasteiger partial charge is 0.417 e. The molecule has 2 amide bonds. The summed E-state index contributed by atoms with van der Waals surface area (Å²) in [5.74, 6) is -0.382. The van der Waals surface area contributed by atoms with Gasteiger partial charge in [-0.2, -0.15) is 13.2 Å². The molecule has 4 rings (SSSR count). The van der Waals surface area contributed by atoms with Gasteiger partial charge in [0, 0.05) is 58.5 Å². The quantitative estimate of drug-likeness (QED) is 0.466. The molecule has 1 aliphatic carbocycles. The Bertz CT molecular complexity index is 1180. The number of morpholine rings is 1. The zero-order valence-electron chi connectivity index (χ0n) is 22.9. The lowest BCUT2D eigenvalue weighted by atomic mass is 10.1. The second kappa shape index (κ2) is 11.1. The molecule has 0 spiro atoms. The third-order valence-electron chi connectivity index (χ3n) is 6.46. The first-order chi connectivity index (χ1) is 18.4. The third kappa shape index (κ3) is 6.58. The summed E-state index contributed by atoms with van der Waals surface area (Å²) in [5, 5.41) is -0.0201. The number of halogens is 3. The SMILES string of the molecule is [2H]CC(C)(C)OC(=O)N1CCOC(C(=O)N(Cc2cn(CCCOC)c3nccc(C(F)(F)F)c23)C2CC2)C1. The minimum Gasteiger partial charge on any atom is -0.444 e. The monoisotopic (exact) mass is 541 g/mol. The van der Waals surface area contributed by atoms with Gasteiger partial charge in [0.15, 0.2) is 6.10 Å². The molecule has 1 atom stereocenters. The molecular formula is C26H35F3N4O5. The Balaban J connectivity index is 1.59. The number of amides is 2. The summed E-state index contributed by atoms with van der Waals surface area (Å²) in [6.07, 6.45) is -1.35. The van der Waals surface area contributed by atoms with Gasteiger partial charge in [-0.05, 0) is 51.6 Å². The molecule has 2 aromatic heterocycles. The second-order valence-corrected chi connectivity index (χ2v) is 10.4. The van der Waals surface area contributed by atoms with Crippen LogP contribution in [0, 0.1) is 0 Å². The summed E-state index contributed by atoms with van der Waals surface area (Å²) in [5.41, 5.74) is -1.21. The van der Waals surface area contributed by atoms with Crippen LogP contribution in [-0.4, -0.2) is 82.5 Å². The van der Waals surface area contributed by atoms with E-state index in [1.165, 1.54) is 4.90 Å². The molecule has 3 heterocycles. The number of alkyl halides is 3. The number of pyridine rings is 1. The number of rotatable bonds is 8. The normalized spacial score (nSPS) is 18.9. The van der Waals surface area contributed by atoms with E-state index in [0.717, 1.165) is 25.1 Å². The Morgan fingerprint density at radius 1 is 1.32 bits per heavy atom. The van der Waals surface area contributed by atoms with Crippen molar-refractivity contribution in [2.75, 3.05) is 33.4 Å². The van der Waals surface area contributed by atoms with E-state index in [2.05, 4.69) is 4.98 Å². The summed E-state index contributed by atoms with van der Waals surface area (Å²) in [6.45, 7) is 4.27. The van der Waals surface area contributed by atoms with Crippen LogP contribution in [0.5, 0.6) is 0 Å². The van der Waals surface area contributed by atoms with Crippen LogP contribution in [0.25, 0.3) is 11.0 Å². The van der Waals surface area contributed by atoms with Crippen molar-refractivity contribution < 1.29 is 38.3 Å². The van der Waals surface area contributed by atoms with Crippen LogP contribution in [0.1, 0.15) is 52.5 Å². The minimum atomic E-state index is -4.59. The van der Waals surface area contributed by atoms with Gasteiger partial charge < -0.3 is 28.6 Å². The Hall–Kier alpha value is -2.86. The highest BCUT2D eigenvalue weighted by atomic mass is 19.4. The molecule has 1 unspecified atom stereocenters. The number of aryl methyl sites for hydroxylation is 1. The van der Waals surface area contributed by atoms with Gasteiger partial charge in [0.05, 0.1) is 18.7 Å². The number of fused-ring (bicyclic) bond motifs is 1. The van der Waals surface area contributed by atoms with E-state index in [1.807, 2.05) is 0 Å². The molecule has 1 saturated heterocycles. The second-order valence-electron chi connectivity index (χ2n) is 10.4. The number of hydrogen-bond donors (Lipinski definition) is 0. The van der Waals surface area contributed by atoms with Crippen molar-refractivity contribution in [2.24, 2.45) is 0 Å². The van der Waals surface area contributed by atoms with Gasteiger partial charge in [0.2, 0.25) is 0 Å². The topological polar surface area (TPSA) is 86.1 Å². The molecular weight excluding hydrogens is 505 g/mol. The van der Waals surface area contributed by atoms with Crippen LogP contribution in [0.2, 0.25) is 0 Å². The zero-order valence-corrected chi connectivity index (χ0v) is 21.9. The number of carbonyl (C=O) groups excluding carboxylic acids is 2. The van der Waals surface area contributed by atoms with Crippen molar-refractivity contribution in [1.82, 2.24) is 19.4 Å². The van der Waals surface area contributed by atoms with Crippen molar-refractivity contribution in [3.05, 3.63) is 29.6 Å². The largest absolute Gasteiger partial charge is 0.444 e. The third-order valence-corrected chi connectivity index (χ3v) is 6.46. The molecule has 2 fully saturated rings.